The third-order valence-electron chi connectivity index (χ3n) is 4.40. The predicted molar refractivity (Wildman–Crippen MR) is 108 cm³/mol. The molecule has 0 aromatic heterocycles. The number of halogens is 1. The number of hydrogen-bond acceptors (Lipinski definition) is 3. The maximum Gasteiger partial charge on any atom is 0.123 e. The molecule has 0 amide bonds. The van der Waals surface area contributed by atoms with Gasteiger partial charge < -0.3 is 9.84 Å². The first-order valence-electron chi connectivity index (χ1n) is 9.47. The van der Waals surface area contributed by atoms with Crippen LogP contribution >= 0.6 is 0 Å². The molecule has 27 heavy (non-hydrogen) atoms. The second-order valence-electron chi connectivity index (χ2n) is 8.30. The van der Waals surface area contributed by atoms with Gasteiger partial charge in [-0.25, -0.2) is 4.39 Å². The number of aliphatic hydroxyl groups is 1. The monoisotopic (exact) mass is 373 g/mol. The van der Waals surface area contributed by atoms with Crippen LogP contribution in [0.4, 0.5) is 4.39 Å². The van der Waals surface area contributed by atoms with Gasteiger partial charge in [0.25, 0.3) is 0 Å². The lowest BCUT2D eigenvalue weighted by molar-refractivity contribution is -0.0572. The Morgan fingerprint density at radius 3 is 2.33 bits per heavy atom. The molecule has 1 N–H and O–H groups in total. The van der Waals surface area contributed by atoms with Crippen molar-refractivity contribution >= 4 is 0 Å². The van der Waals surface area contributed by atoms with Crippen molar-refractivity contribution in [1.82, 2.24) is 4.90 Å². The molecule has 0 spiro atoms. The summed E-state index contributed by atoms with van der Waals surface area (Å²) in [6, 6.07) is 13.0. The Kier molecular flexibility index (Phi) is 7.54. The molecule has 0 aliphatic rings. The Labute approximate surface area is 162 Å². The molecule has 4 heteroatoms. The van der Waals surface area contributed by atoms with Crippen LogP contribution in [0.25, 0.3) is 0 Å². The molecule has 3 nitrogen and oxygen atoms in total. The van der Waals surface area contributed by atoms with Crippen LogP contribution in [0.2, 0.25) is 0 Å². The van der Waals surface area contributed by atoms with Crippen LogP contribution in [0.5, 0.6) is 0 Å². The highest BCUT2D eigenvalue weighted by Crippen LogP contribution is 2.17. The molecule has 2 aromatic carbocycles. The van der Waals surface area contributed by atoms with Gasteiger partial charge in [-0.3, -0.25) is 4.90 Å². The molecule has 0 radical (unpaired) electrons. The quantitative estimate of drug-likeness (QED) is 0.733. The van der Waals surface area contributed by atoms with Crippen molar-refractivity contribution in [2.75, 3.05) is 13.2 Å². The zero-order valence-electron chi connectivity index (χ0n) is 17.1. The molecule has 0 bridgehead atoms. The van der Waals surface area contributed by atoms with Crippen LogP contribution in [0.15, 0.2) is 42.5 Å². The first-order valence-corrected chi connectivity index (χ1v) is 9.47. The van der Waals surface area contributed by atoms with Crippen molar-refractivity contribution in [3.63, 3.8) is 0 Å². The number of rotatable bonds is 8. The topological polar surface area (TPSA) is 32.7 Å². The molecule has 2 aromatic rings. The fraction of sp³-hybridized carbons (Fsp3) is 0.478. The first kappa shape index (κ1) is 21.5. The van der Waals surface area contributed by atoms with Gasteiger partial charge in [0.1, 0.15) is 5.82 Å². The second kappa shape index (κ2) is 9.45. The van der Waals surface area contributed by atoms with Crippen molar-refractivity contribution in [3.05, 3.63) is 70.5 Å². The summed E-state index contributed by atoms with van der Waals surface area (Å²) in [6.45, 7) is 12.3. The van der Waals surface area contributed by atoms with Gasteiger partial charge in [0, 0.05) is 19.6 Å². The molecule has 0 heterocycles. The van der Waals surface area contributed by atoms with Gasteiger partial charge in [0.15, 0.2) is 0 Å². The summed E-state index contributed by atoms with van der Waals surface area (Å²) in [7, 11) is 0. The van der Waals surface area contributed by atoms with E-state index in [9.17, 15) is 9.50 Å². The van der Waals surface area contributed by atoms with Gasteiger partial charge in [0.2, 0.25) is 0 Å². The van der Waals surface area contributed by atoms with E-state index in [0.29, 0.717) is 13.1 Å². The van der Waals surface area contributed by atoms with Gasteiger partial charge >= 0.3 is 0 Å². The van der Waals surface area contributed by atoms with Gasteiger partial charge in [-0.2, -0.15) is 0 Å². The lowest BCUT2D eigenvalue weighted by atomic mass is 10.0. The van der Waals surface area contributed by atoms with E-state index in [1.54, 1.807) is 12.1 Å². The lowest BCUT2D eigenvalue weighted by Gasteiger charge is -2.28. The van der Waals surface area contributed by atoms with Crippen molar-refractivity contribution in [1.29, 1.82) is 0 Å². The van der Waals surface area contributed by atoms with Crippen molar-refractivity contribution in [3.8, 4) is 0 Å². The minimum atomic E-state index is -0.588. The van der Waals surface area contributed by atoms with Gasteiger partial charge in [0.05, 0.1) is 18.3 Å². The van der Waals surface area contributed by atoms with Gasteiger partial charge in [-0.05, 0) is 63.4 Å². The van der Waals surface area contributed by atoms with E-state index >= 15 is 0 Å². The van der Waals surface area contributed by atoms with Crippen LogP contribution in [0.1, 0.15) is 43.0 Å². The van der Waals surface area contributed by atoms with Crippen molar-refractivity contribution in [2.45, 2.75) is 59.4 Å². The number of aryl methyl sites for hydroxylation is 2. The highest BCUT2D eigenvalue weighted by molar-refractivity contribution is 5.30. The highest BCUT2D eigenvalue weighted by atomic mass is 19.1. The summed E-state index contributed by atoms with van der Waals surface area (Å²) in [5.74, 6) is -0.238. The lowest BCUT2D eigenvalue weighted by Crippen LogP contribution is -2.36. The van der Waals surface area contributed by atoms with Gasteiger partial charge in [-0.15, -0.1) is 0 Å². The Balaban J connectivity index is 2.11. The molecule has 0 aliphatic heterocycles. The number of benzene rings is 2. The van der Waals surface area contributed by atoms with E-state index in [-0.39, 0.29) is 18.0 Å². The maximum atomic E-state index is 13.2. The molecule has 0 saturated heterocycles. The van der Waals surface area contributed by atoms with E-state index < -0.39 is 6.10 Å². The van der Waals surface area contributed by atoms with E-state index in [4.69, 9.17) is 4.74 Å². The second-order valence-corrected chi connectivity index (χ2v) is 8.30. The largest absolute Gasteiger partial charge is 0.389 e. The van der Waals surface area contributed by atoms with Gasteiger partial charge in [-0.1, -0.05) is 35.9 Å². The standard InChI is InChI=1S/C23H32FNO2/c1-17-6-7-18(2)20(12-17)14-25(13-19-8-10-21(24)11-9-19)15-22(26)16-27-23(3,4)5/h6-12,22,26H,13-16H2,1-5H3. The van der Waals surface area contributed by atoms with E-state index in [1.165, 1.54) is 28.8 Å². The number of ether oxygens (including phenoxy) is 1. The fourth-order valence-electron chi connectivity index (χ4n) is 2.94. The average molecular weight is 374 g/mol. The summed E-state index contributed by atoms with van der Waals surface area (Å²) in [5, 5.41) is 10.5. The molecule has 1 unspecified atom stereocenters. The normalized spacial score (nSPS) is 13.2. The third-order valence-corrected chi connectivity index (χ3v) is 4.40. The zero-order valence-corrected chi connectivity index (χ0v) is 17.1. The molecule has 0 saturated carbocycles. The summed E-state index contributed by atoms with van der Waals surface area (Å²) in [5.41, 5.74) is 4.42. The van der Waals surface area contributed by atoms with Crippen LogP contribution in [-0.2, 0) is 17.8 Å². The Bertz CT molecular complexity index is 722. The summed E-state index contributed by atoms with van der Waals surface area (Å²) in [4.78, 5) is 2.19. The smallest absolute Gasteiger partial charge is 0.123 e. The van der Waals surface area contributed by atoms with Crippen LogP contribution in [0.3, 0.4) is 0 Å². The Morgan fingerprint density at radius 2 is 1.70 bits per heavy atom. The Hall–Kier alpha value is -1.75. The summed E-state index contributed by atoms with van der Waals surface area (Å²) < 4.78 is 18.9. The summed E-state index contributed by atoms with van der Waals surface area (Å²) in [6.07, 6.45) is -0.588. The molecule has 148 valence electrons. The van der Waals surface area contributed by atoms with E-state index in [2.05, 4.69) is 36.9 Å². The van der Waals surface area contributed by atoms with E-state index in [0.717, 1.165) is 12.1 Å². The van der Waals surface area contributed by atoms with Crippen LogP contribution in [-0.4, -0.2) is 34.9 Å². The maximum absolute atomic E-state index is 13.2. The molecule has 1 atom stereocenters. The molecular formula is C23H32FNO2. The SMILES string of the molecule is Cc1ccc(C)c(CN(Cc2ccc(F)cc2)CC(O)COC(C)(C)C)c1. The van der Waals surface area contributed by atoms with Crippen molar-refractivity contribution < 1.29 is 14.2 Å². The highest BCUT2D eigenvalue weighted by Gasteiger charge is 2.18. The van der Waals surface area contributed by atoms with Crippen molar-refractivity contribution in [2.24, 2.45) is 0 Å². The minimum absolute atomic E-state index is 0.238. The minimum Gasteiger partial charge on any atom is -0.389 e. The first-order chi connectivity index (χ1) is 12.6. The molecular weight excluding hydrogens is 341 g/mol. The average Bonchev–Trinajstić information content (AvgIpc) is 2.58. The number of aliphatic hydroxyl groups excluding tert-OH is 1. The molecule has 0 aliphatic carbocycles. The fourth-order valence-corrected chi connectivity index (χ4v) is 2.94. The number of hydrogen-bond donors (Lipinski definition) is 1. The number of nitrogens with zero attached hydrogens (tertiary/aromatic N) is 1. The third kappa shape index (κ3) is 7.79. The van der Waals surface area contributed by atoms with Crippen LogP contribution < -0.4 is 0 Å². The zero-order chi connectivity index (χ0) is 20.0. The Morgan fingerprint density at radius 1 is 1.04 bits per heavy atom. The summed E-state index contributed by atoms with van der Waals surface area (Å²) >= 11 is 0. The molecule has 2 rings (SSSR count). The van der Waals surface area contributed by atoms with Crippen LogP contribution in [0, 0.1) is 19.7 Å². The predicted octanol–water partition coefficient (Wildman–Crippen LogP) is 4.62. The molecule has 0 fully saturated rings. The van der Waals surface area contributed by atoms with E-state index in [1.807, 2.05) is 20.8 Å².